The third kappa shape index (κ3) is 3.87. The van der Waals surface area contributed by atoms with Gasteiger partial charge in [-0.1, -0.05) is 11.6 Å². The van der Waals surface area contributed by atoms with Crippen LogP contribution in [0.5, 0.6) is 17.5 Å². The predicted octanol–water partition coefficient (Wildman–Crippen LogP) is 1.94. The van der Waals surface area contributed by atoms with Crippen molar-refractivity contribution < 1.29 is 27.0 Å². The summed E-state index contributed by atoms with van der Waals surface area (Å²) in [7, 11) is -1.52. The molecule has 0 aliphatic carbocycles. The van der Waals surface area contributed by atoms with E-state index in [0.29, 0.717) is 10.5 Å². The molecular weight excluding hydrogens is 417 g/mol. The van der Waals surface area contributed by atoms with Crippen LogP contribution in [0.25, 0.3) is 5.52 Å². The number of fused-ring (bicyclic) bond motifs is 1. The summed E-state index contributed by atoms with van der Waals surface area (Å²) in [5.41, 5.74) is 0.304. The van der Waals surface area contributed by atoms with Crippen LogP contribution in [-0.4, -0.2) is 55.5 Å². The fourth-order valence-electron chi connectivity index (χ4n) is 2.31. The molecule has 0 spiro atoms. The predicted molar refractivity (Wildman–Crippen MR) is 97.6 cm³/mol. The number of ether oxygens (including phenoxy) is 3. The number of sulfonamides is 1. The SMILES string of the molecule is COc1nc(NS(=O)(=O)c2cnn3cc(Cl)ccc23)nc(OC)c1OCCF. The van der Waals surface area contributed by atoms with Gasteiger partial charge in [0.05, 0.1) is 31.0 Å². The van der Waals surface area contributed by atoms with Gasteiger partial charge in [-0.05, 0) is 12.1 Å². The molecule has 0 aliphatic heterocycles. The van der Waals surface area contributed by atoms with Crippen LogP contribution in [0.2, 0.25) is 5.02 Å². The highest BCUT2D eigenvalue weighted by atomic mass is 35.5. The fourth-order valence-corrected chi connectivity index (χ4v) is 3.53. The van der Waals surface area contributed by atoms with Crippen LogP contribution in [-0.2, 0) is 10.0 Å². The summed E-state index contributed by atoms with van der Waals surface area (Å²) in [6.45, 7) is -1.02. The van der Waals surface area contributed by atoms with E-state index in [4.69, 9.17) is 25.8 Å². The Morgan fingerprint density at radius 2 is 1.89 bits per heavy atom. The molecule has 0 amide bonds. The highest BCUT2D eigenvalue weighted by Gasteiger charge is 2.24. The molecule has 0 aliphatic rings. The minimum Gasteiger partial charge on any atom is -0.481 e. The van der Waals surface area contributed by atoms with Crippen LogP contribution in [0.4, 0.5) is 10.3 Å². The fraction of sp³-hybridized carbons (Fsp3) is 0.267. The van der Waals surface area contributed by atoms with E-state index in [1.807, 2.05) is 0 Å². The van der Waals surface area contributed by atoms with E-state index in [1.165, 1.54) is 43.3 Å². The molecule has 0 radical (unpaired) electrons. The van der Waals surface area contributed by atoms with Gasteiger partial charge in [-0.3, -0.25) is 0 Å². The molecule has 3 rings (SSSR count). The molecule has 3 heterocycles. The van der Waals surface area contributed by atoms with Crippen molar-refractivity contribution in [2.75, 3.05) is 32.2 Å². The largest absolute Gasteiger partial charge is 0.481 e. The Balaban J connectivity index is 1.99. The van der Waals surface area contributed by atoms with Crippen molar-refractivity contribution in [3.63, 3.8) is 0 Å². The van der Waals surface area contributed by atoms with E-state index in [9.17, 15) is 12.8 Å². The Kier molecular flexibility index (Phi) is 5.70. The number of pyridine rings is 1. The number of anilines is 1. The van der Waals surface area contributed by atoms with E-state index < -0.39 is 16.7 Å². The molecule has 0 bridgehead atoms. The van der Waals surface area contributed by atoms with E-state index in [-0.39, 0.29) is 35.0 Å². The maximum atomic E-state index is 12.8. The smallest absolute Gasteiger partial charge is 0.267 e. The van der Waals surface area contributed by atoms with Gasteiger partial charge in [-0.25, -0.2) is 22.0 Å². The Labute approximate surface area is 164 Å². The van der Waals surface area contributed by atoms with Gasteiger partial charge in [-0.2, -0.15) is 15.1 Å². The minimum atomic E-state index is -4.10. The second-order valence-electron chi connectivity index (χ2n) is 5.22. The van der Waals surface area contributed by atoms with Gasteiger partial charge in [0, 0.05) is 6.20 Å². The number of nitrogens with zero attached hydrogens (tertiary/aromatic N) is 4. The first-order valence-electron chi connectivity index (χ1n) is 7.74. The van der Waals surface area contributed by atoms with E-state index in [2.05, 4.69) is 19.8 Å². The standard InChI is InChI=1S/C15H15ClFN5O5S/c1-25-13-12(27-6-5-17)14(26-2)20-15(19-13)21-28(23,24)11-7-18-22-8-9(16)3-4-10(11)22/h3-4,7-8H,5-6H2,1-2H3,(H,19,20,21). The summed E-state index contributed by atoms with van der Waals surface area (Å²) >= 11 is 5.88. The summed E-state index contributed by atoms with van der Waals surface area (Å²) in [6, 6.07) is 3.05. The molecule has 28 heavy (non-hydrogen) atoms. The highest BCUT2D eigenvalue weighted by Crippen LogP contribution is 2.35. The summed E-state index contributed by atoms with van der Waals surface area (Å²) in [5.74, 6) is -0.611. The summed E-state index contributed by atoms with van der Waals surface area (Å²) in [4.78, 5) is 7.78. The third-order valence-electron chi connectivity index (χ3n) is 3.47. The summed E-state index contributed by atoms with van der Waals surface area (Å²) < 4.78 is 56.8. The van der Waals surface area contributed by atoms with Gasteiger partial charge in [-0.15, -0.1) is 0 Å². The lowest BCUT2D eigenvalue weighted by Gasteiger charge is -2.13. The number of nitrogens with one attached hydrogen (secondary N) is 1. The summed E-state index contributed by atoms with van der Waals surface area (Å²) in [6.07, 6.45) is 2.64. The zero-order valence-electron chi connectivity index (χ0n) is 14.7. The van der Waals surface area contributed by atoms with Crippen LogP contribution in [0.15, 0.2) is 29.4 Å². The van der Waals surface area contributed by atoms with E-state index in [1.54, 1.807) is 0 Å². The first kappa shape index (κ1) is 19.9. The molecule has 150 valence electrons. The normalized spacial score (nSPS) is 11.4. The Morgan fingerprint density at radius 3 is 2.50 bits per heavy atom. The lowest BCUT2D eigenvalue weighted by Crippen LogP contribution is -2.16. The van der Waals surface area contributed by atoms with Crippen molar-refractivity contribution in [3.05, 3.63) is 29.5 Å². The van der Waals surface area contributed by atoms with Gasteiger partial charge >= 0.3 is 0 Å². The van der Waals surface area contributed by atoms with Crippen LogP contribution in [0, 0.1) is 0 Å². The van der Waals surface area contributed by atoms with Crippen molar-refractivity contribution in [1.82, 2.24) is 19.6 Å². The van der Waals surface area contributed by atoms with Crippen molar-refractivity contribution in [2.45, 2.75) is 4.90 Å². The molecule has 3 aromatic heterocycles. The molecule has 0 fully saturated rings. The molecule has 0 saturated heterocycles. The molecule has 0 saturated carbocycles. The van der Waals surface area contributed by atoms with Gasteiger partial charge in [0.15, 0.2) is 0 Å². The topological polar surface area (TPSA) is 117 Å². The molecule has 13 heteroatoms. The second kappa shape index (κ2) is 8.02. The van der Waals surface area contributed by atoms with Crippen LogP contribution in [0.1, 0.15) is 0 Å². The maximum absolute atomic E-state index is 12.8. The second-order valence-corrected chi connectivity index (χ2v) is 7.31. The van der Waals surface area contributed by atoms with Gasteiger partial charge in [0.2, 0.25) is 11.7 Å². The molecule has 0 unspecified atom stereocenters. The number of halogens is 2. The van der Waals surface area contributed by atoms with Crippen LogP contribution < -0.4 is 18.9 Å². The average molecular weight is 432 g/mol. The number of hydrogen-bond acceptors (Lipinski definition) is 8. The molecule has 0 atom stereocenters. The van der Waals surface area contributed by atoms with Gasteiger partial charge in [0.25, 0.3) is 21.8 Å². The summed E-state index contributed by atoms with van der Waals surface area (Å²) in [5, 5.41) is 4.37. The Morgan fingerprint density at radius 1 is 1.21 bits per heavy atom. The number of alkyl halides is 1. The van der Waals surface area contributed by atoms with E-state index in [0.717, 1.165) is 0 Å². The quantitative estimate of drug-likeness (QED) is 0.575. The maximum Gasteiger partial charge on any atom is 0.267 e. The highest BCUT2D eigenvalue weighted by molar-refractivity contribution is 7.93. The average Bonchev–Trinajstić information content (AvgIpc) is 3.09. The number of hydrogen-bond donors (Lipinski definition) is 1. The van der Waals surface area contributed by atoms with E-state index >= 15 is 0 Å². The lowest BCUT2D eigenvalue weighted by molar-refractivity contribution is 0.240. The number of methoxy groups -OCH3 is 2. The van der Waals surface area contributed by atoms with Gasteiger partial charge in [0.1, 0.15) is 18.2 Å². The number of rotatable bonds is 8. The van der Waals surface area contributed by atoms with Gasteiger partial charge < -0.3 is 14.2 Å². The van der Waals surface area contributed by atoms with Crippen LogP contribution >= 0.6 is 11.6 Å². The zero-order chi connectivity index (χ0) is 20.3. The van der Waals surface area contributed by atoms with Crippen molar-refractivity contribution in [3.8, 4) is 17.5 Å². The number of aromatic nitrogens is 4. The van der Waals surface area contributed by atoms with Crippen molar-refractivity contribution in [2.24, 2.45) is 0 Å². The van der Waals surface area contributed by atoms with Crippen molar-refractivity contribution >= 4 is 33.1 Å². The molecule has 1 N–H and O–H groups in total. The lowest BCUT2D eigenvalue weighted by atomic mass is 10.4. The minimum absolute atomic E-state index is 0.0452. The molecule has 0 aromatic carbocycles. The van der Waals surface area contributed by atoms with Crippen LogP contribution in [0.3, 0.4) is 0 Å². The monoisotopic (exact) mass is 431 g/mol. The first-order chi connectivity index (χ1) is 13.4. The first-order valence-corrected chi connectivity index (χ1v) is 9.60. The van der Waals surface area contributed by atoms with Crippen molar-refractivity contribution in [1.29, 1.82) is 0 Å². The Hall–Kier alpha value is -2.86. The zero-order valence-corrected chi connectivity index (χ0v) is 16.3. The molecule has 10 nitrogen and oxygen atoms in total. The Bertz CT molecular complexity index is 1080. The molecular formula is C15H15ClFN5O5S. The third-order valence-corrected chi connectivity index (χ3v) is 5.04. The molecule has 3 aromatic rings.